The fraction of sp³-hybridized carbons (Fsp3) is 0.200. The molecule has 7 nitrogen and oxygen atoms in total. The van der Waals surface area contributed by atoms with Gasteiger partial charge in [0.1, 0.15) is 5.75 Å². The van der Waals surface area contributed by atoms with Crippen LogP contribution in [0.4, 0.5) is 5.69 Å². The van der Waals surface area contributed by atoms with Gasteiger partial charge >= 0.3 is 5.97 Å². The van der Waals surface area contributed by atoms with Crippen molar-refractivity contribution in [3.8, 4) is 17.1 Å². The number of methoxy groups -OCH3 is 1. The Morgan fingerprint density at radius 2 is 1.83 bits per heavy atom. The second kappa shape index (κ2) is 10.0. The van der Waals surface area contributed by atoms with E-state index in [1.807, 2.05) is 24.3 Å². The Morgan fingerprint density at radius 1 is 1.10 bits per heavy atom. The summed E-state index contributed by atoms with van der Waals surface area (Å²) in [5.74, 6) is 1.04. The molecule has 0 aliphatic carbocycles. The lowest BCUT2D eigenvalue weighted by Gasteiger charge is -2.06. The van der Waals surface area contributed by atoms with E-state index < -0.39 is 0 Å². The van der Waals surface area contributed by atoms with E-state index in [-0.39, 0.29) is 17.6 Å². The van der Waals surface area contributed by atoms with Crippen LogP contribution in [0.5, 0.6) is 5.75 Å². The second-order valence-corrected chi connectivity index (χ2v) is 7.72. The summed E-state index contributed by atoms with van der Waals surface area (Å²) in [7, 11) is 1.62. The first-order chi connectivity index (χ1) is 14.1. The maximum atomic E-state index is 12.2. The van der Waals surface area contributed by atoms with Crippen LogP contribution in [0.1, 0.15) is 17.3 Å². The van der Waals surface area contributed by atoms with Crippen LogP contribution >= 0.6 is 23.3 Å². The quantitative estimate of drug-likeness (QED) is 0.425. The number of carbonyl (C=O) groups excluding carboxylic acids is 2. The molecule has 2 aromatic carbocycles. The number of nitrogens with zero attached hydrogens (tertiary/aromatic N) is 2. The molecule has 1 amide bonds. The van der Waals surface area contributed by atoms with Crippen LogP contribution in [0.2, 0.25) is 0 Å². The lowest BCUT2D eigenvalue weighted by molar-refractivity contribution is -0.113. The third-order valence-electron chi connectivity index (χ3n) is 3.76. The molecule has 0 unspecified atom stereocenters. The summed E-state index contributed by atoms with van der Waals surface area (Å²) < 4.78 is 15.1. The minimum Gasteiger partial charge on any atom is -0.497 e. The fourth-order valence-electron chi connectivity index (χ4n) is 2.35. The van der Waals surface area contributed by atoms with Gasteiger partial charge in [-0.25, -0.2) is 9.78 Å². The van der Waals surface area contributed by atoms with E-state index in [0.29, 0.717) is 28.0 Å². The molecular weight excluding hydrogens is 410 g/mol. The van der Waals surface area contributed by atoms with Crippen molar-refractivity contribution in [3.63, 3.8) is 0 Å². The average molecular weight is 430 g/mol. The molecule has 1 heterocycles. The highest BCUT2D eigenvalue weighted by Crippen LogP contribution is 2.26. The van der Waals surface area contributed by atoms with Gasteiger partial charge in [0.15, 0.2) is 10.2 Å². The number of ether oxygens (including phenoxy) is 2. The number of amides is 1. The Labute approximate surface area is 176 Å². The number of benzene rings is 2. The highest BCUT2D eigenvalue weighted by molar-refractivity contribution is 8.01. The molecule has 0 saturated heterocycles. The lowest BCUT2D eigenvalue weighted by Crippen LogP contribution is -2.14. The molecule has 3 aromatic rings. The lowest BCUT2D eigenvalue weighted by atomic mass is 10.2. The summed E-state index contributed by atoms with van der Waals surface area (Å²) in [5.41, 5.74) is 1.94. The molecule has 0 radical (unpaired) electrons. The number of aromatic nitrogens is 2. The molecule has 0 fully saturated rings. The standard InChI is InChI=1S/C20H19N3O4S2/c1-3-27-19(25)14-4-8-15(9-5-14)21-17(24)12-28-20-22-18(23-29-20)13-6-10-16(26-2)11-7-13/h4-11H,3,12H2,1-2H3,(H,21,24). The summed E-state index contributed by atoms with van der Waals surface area (Å²) in [5, 5.41) is 2.79. The first-order valence-corrected chi connectivity index (χ1v) is 10.5. The van der Waals surface area contributed by atoms with Crippen LogP contribution < -0.4 is 10.1 Å². The van der Waals surface area contributed by atoms with E-state index in [2.05, 4.69) is 14.7 Å². The van der Waals surface area contributed by atoms with Crippen molar-refractivity contribution in [1.82, 2.24) is 9.36 Å². The molecule has 0 atom stereocenters. The van der Waals surface area contributed by atoms with Crippen molar-refractivity contribution in [2.75, 3.05) is 24.8 Å². The molecule has 0 aliphatic rings. The molecule has 0 spiro atoms. The molecule has 3 rings (SSSR count). The Hall–Kier alpha value is -2.91. The minimum atomic E-state index is -0.384. The molecule has 0 saturated carbocycles. The summed E-state index contributed by atoms with van der Waals surface area (Å²) in [6.45, 7) is 2.07. The number of anilines is 1. The molecule has 0 bridgehead atoms. The zero-order valence-electron chi connectivity index (χ0n) is 15.9. The van der Waals surface area contributed by atoms with Crippen LogP contribution in [0.3, 0.4) is 0 Å². The molecule has 1 N–H and O–H groups in total. The molecule has 29 heavy (non-hydrogen) atoms. The highest BCUT2D eigenvalue weighted by Gasteiger charge is 2.11. The third-order valence-corrected chi connectivity index (χ3v) is 5.60. The van der Waals surface area contributed by atoms with Gasteiger partial charge in [-0.15, -0.1) is 0 Å². The topological polar surface area (TPSA) is 90.4 Å². The molecule has 1 aromatic heterocycles. The van der Waals surface area contributed by atoms with E-state index in [9.17, 15) is 9.59 Å². The van der Waals surface area contributed by atoms with Crippen LogP contribution in [-0.2, 0) is 9.53 Å². The molecule has 150 valence electrons. The Bertz CT molecular complexity index is 972. The Morgan fingerprint density at radius 3 is 2.48 bits per heavy atom. The van der Waals surface area contributed by atoms with Gasteiger partial charge in [0, 0.05) is 11.3 Å². The molecule has 9 heteroatoms. The van der Waals surface area contributed by atoms with E-state index in [1.54, 1.807) is 38.3 Å². The van der Waals surface area contributed by atoms with Gasteiger partial charge in [0.25, 0.3) is 0 Å². The zero-order chi connectivity index (χ0) is 20.6. The minimum absolute atomic E-state index is 0.167. The monoisotopic (exact) mass is 429 g/mol. The fourth-order valence-corrected chi connectivity index (χ4v) is 3.77. The third kappa shape index (κ3) is 5.78. The van der Waals surface area contributed by atoms with Gasteiger partial charge in [-0.05, 0) is 67.0 Å². The largest absolute Gasteiger partial charge is 0.497 e. The van der Waals surface area contributed by atoms with Crippen LogP contribution in [0, 0.1) is 0 Å². The van der Waals surface area contributed by atoms with Crippen LogP contribution in [0.25, 0.3) is 11.4 Å². The van der Waals surface area contributed by atoms with Gasteiger partial charge in [0.05, 0.1) is 25.0 Å². The van der Waals surface area contributed by atoms with Crippen molar-refractivity contribution in [1.29, 1.82) is 0 Å². The van der Waals surface area contributed by atoms with Crippen LogP contribution in [-0.4, -0.2) is 40.7 Å². The summed E-state index contributed by atoms with van der Waals surface area (Å²) in [6, 6.07) is 14.1. The van der Waals surface area contributed by atoms with Gasteiger partial charge in [0.2, 0.25) is 5.91 Å². The number of hydrogen-bond acceptors (Lipinski definition) is 8. The number of nitrogens with one attached hydrogen (secondary N) is 1. The van der Waals surface area contributed by atoms with Crippen molar-refractivity contribution in [3.05, 3.63) is 54.1 Å². The van der Waals surface area contributed by atoms with Gasteiger partial charge in [-0.1, -0.05) is 11.8 Å². The van der Waals surface area contributed by atoms with Crippen LogP contribution in [0.15, 0.2) is 52.9 Å². The van der Waals surface area contributed by atoms with E-state index in [4.69, 9.17) is 9.47 Å². The predicted molar refractivity (Wildman–Crippen MR) is 114 cm³/mol. The number of esters is 1. The number of hydrogen-bond donors (Lipinski definition) is 1. The van der Waals surface area contributed by atoms with Crippen molar-refractivity contribution >= 4 is 40.9 Å². The summed E-state index contributed by atoms with van der Waals surface area (Å²) >= 11 is 2.57. The van der Waals surface area contributed by atoms with Crippen molar-refractivity contribution in [2.45, 2.75) is 11.3 Å². The Kier molecular flexibility index (Phi) is 7.20. The zero-order valence-corrected chi connectivity index (χ0v) is 17.5. The van der Waals surface area contributed by atoms with Gasteiger partial charge < -0.3 is 14.8 Å². The molecular formula is C20H19N3O4S2. The SMILES string of the molecule is CCOC(=O)c1ccc(NC(=O)CSc2nc(-c3ccc(OC)cc3)ns2)cc1. The van der Waals surface area contributed by atoms with E-state index >= 15 is 0 Å². The van der Waals surface area contributed by atoms with Crippen molar-refractivity contribution < 1.29 is 19.1 Å². The van der Waals surface area contributed by atoms with Gasteiger partial charge in [-0.2, -0.15) is 4.37 Å². The maximum Gasteiger partial charge on any atom is 0.338 e. The summed E-state index contributed by atoms with van der Waals surface area (Å²) in [4.78, 5) is 28.3. The molecule has 0 aliphatic heterocycles. The number of carbonyl (C=O) groups is 2. The number of rotatable bonds is 8. The van der Waals surface area contributed by atoms with E-state index in [1.165, 1.54) is 23.3 Å². The van der Waals surface area contributed by atoms with Gasteiger partial charge in [-0.3, -0.25) is 4.79 Å². The maximum absolute atomic E-state index is 12.2. The van der Waals surface area contributed by atoms with Crippen molar-refractivity contribution in [2.24, 2.45) is 0 Å². The smallest absolute Gasteiger partial charge is 0.338 e. The normalized spacial score (nSPS) is 10.4. The first kappa shape index (κ1) is 20.8. The number of thioether (sulfide) groups is 1. The van der Waals surface area contributed by atoms with E-state index in [0.717, 1.165) is 11.3 Å². The second-order valence-electron chi connectivity index (χ2n) is 5.75. The first-order valence-electron chi connectivity index (χ1n) is 8.77. The summed E-state index contributed by atoms with van der Waals surface area (Å²) in [6.07, 6.45) is 0. The highest BCUT2D eigenvalue weighted by atomic mass is 32.2. The average Bonchev–Trinajstić information content (AvgIpc) is 3.22. The predicted octanol–water partition coefficient (Wildman–Crippen LogP) is 4.12. The Balaban J connectivity index is 1.51.